The fourth-order valence-electron chi connectivity index (χ4n) is 2.29. The quantitative estimate of drug-likeness (QED) is 0.920. The highest BCUT2D eigenvalue weighted by molar-refractivity contribution is 6.30. The SMILES string of the molecule is Cc1nn(Cc2cccc(Cl)c2)c(C)c1CCC(=O)O. The summed E-state index contributed by atoms with van der Waals surface area (Å²) < 4.78 is 1.90. The summed E-state index contributed by atoms with van der Waals surface area (Å²) in [4.78, 5) is 10.7. The van der Waals surface area contributed by atoms with Crippen LogP contribution >= 0.6 is 11.6 Å². The first kappa shape index (κ1) is 14.6. The van der Waals surface area contributed by atoms with Crippen LogP contribution < -0.4 is 0 Å². The van der Waals surface area contributed by atoms with Crippen LogP contribution in [0.4, 0.5) is 0 Å². The van der Waals surface area contributed by atoms with Gasteiger partial charge in [-0.15, -0.1) is 0 Å². The van der Waals surface area contributed by atoms with E-state index in [-0.39, 0.29) is 6.42 Å². The number of aryl methyl sites for hydroxylation is 1. The molecule has 0 spiro atoms. The Labute approximate surface area is 123 Å². The topological polar surface area (TPSA) is 55.1 Å². The molecule has 0 aliphatic carbocycles. The van der Waals surface area contributed by atoms with Crippen LogP contribution in [-0.2, 0) is 17.8 Å². The predicted molar refractivity (Wildman–Crippen MR) is 78.2 cm³/mol. The number of aliphatic carboxylic acids is 1. The van der Waals surface area contributed by atoms with E-state index in [9.17, 15) is 4.79 Å². The lowest BCUT2D eigenvalue weighted by atomic mass is 10.1. The number of nitrogens with zero attached hydrogens (tertiary/aromatic N) is 2. The molecule has 0 unspecified atom stereocenters. The number of carboxylic acids is 1. The highest BCUT2D eigenvalue weighted by Gasteiger charge is 2.13. The maximum absolute atomic E-state index is 10.7. The van der Waals surface area contributed by atoms with Gasteiger partial charge in [0.2, 0.25) is 0 Å². The summed E-state index contributed by atoms with van der Waals surface area (Å²) in [6.45, 7) is 4.53. The highest BCUT2D eigenvalue weighted by Crippen LogP contribution is 2.18. The van der Waals surface area contributed by atoms with Gasteiger partial charge in [-0.25, -0.2) is 0 Å². The van der Waals surface area contributed by atoms with Gasteiger partial charge in [0, 0.05) is 17.1 Å². The number of halogens is 1. The molecule has 2 aromatic rings. The summed E-state index contributed by atoms with van der Waals surface area (Å²) in [5, 5.41) is 14.0. The number of aromatic nitrogens is 2. The van der Waals surface area contributed by atoms with Crippen LogP contribution in [-0.4, -0.2) is 20.9 Å². The molecule has 0 bridgehead atoms. The van der Waals surface area contributed by atoms with E-state index in [0.29, 0.717) is 18.0 Å². The number of hydrogen-bond donors (Lipinski definition) is 1. The van der Waals surface area contributed by atoms with Gasteiger partial charge in [0.25, 0.3) is 0 Å². The van der Waals surface area contributed by atoms with Crippen molar-refractivity contribution in [2.75, 3.05) is 0 Å². The van der Waals surface area contributed by atoms with Crippen molar-refractivity contribution in [1.82, 2.24) is 9.78 Å². The minimum atomic E-state index is -0.786. The highest BCUT2D eigenvalue weighted by atomic mass is 35.5. The number of carboxylic acid groups (broad SMARTS) is 1. The number of carbonyl (C=O) groups is 1. The third-order valence-electron chi connectivity index (χ3n) is 3.34. The van der Waals surface area contributed by atoms with Crippen LogP contribution in [0.25, 0.3) is 0 Å². The molecule has 0 atom stereocenters. The molecule has 0 saturated heterocycles. The molecule has 1 N–H and O–H groups in total. The molecule has 0 amide bonds. The lowest BCUT2D eigenvalue weighted by Crippen LogP contribution is -2.05. The van der Waals surface area contributed by atoms with Crippen LogP contribution in [0.1, 0.15) is 28.9 Å². The fourth-order valence-corrected chi connectivity index (χ4v) is 2.50. The second kappa shape index (κ2) is 6.09. The van der Waals surface area contributed by atoms with Gasteiger partial charge in [-0.1, -0.05) is 23.7 Å². The molecule has 106 valence electrons. The zero-order valence-corrected chi connectivity index (χ0v) is 12.3. The first-order chi connectivity index (χ1) is 9.47. The Morgan fingerprint density at radius 2 is 2.15 bits per heavy atom. The van der Waals surface area contributed by atoms with Crippen molar-refractivity contribution < 1.29 is 9.90 Å². The summed E-state index contributed by atoms with van der Waals surface area (Å²) in [6.07, 6.45) is 0.646. The van der Waals surface area contributed by atoms with Crippen LogP contribution in [0.5, 0.6) is 0 Å². The average Bonchev–Trinajstić information content (AvgIpc) is 2.62. The van der Waals surface area contributed by atoms with E-state index in [1.807, 2.05) is 42.8 Å². The Morgan fingerprint density at radius 1 is 1.40 bits per heavy atom. The van der Waals surface area contributed by atoms with Crippen LogP contribution in [0, 0.1) is 13.8 Å². The average molecular weight is 293 g/mol. The molecule has 1 aromatic heterocycles. The Balaban J connectivity index is 2.21. The maximum Gasteiger partial charge on any atom is 0.303 e. The number of benzene rings is 1. The van der Waals surface area contributed by atoms with Crippen molar-refractivity contribution in [3.63, 3.8) is 0 Å². The normalized spacial score (nSPS) is 10.8. The third-order valence-corrected chi connectivity index (χ3v) is 3.58. The lowest BCUT2D eigenvalue weighted by Gasteiger charge is -2.06. The lowest BCUT2D eigenvalue weighted by molar-refractivity contribution is -0.136. The molecule has 1 aromatic carbocycles. The van der Waals surface area contributed by atoms with Crippen LogP contribution in [0.2, 0.25) is 5.02 Å². The van der Waals surface area contributed by atoms with Gasteiger partial charge >= 0.3 is 5.97 Å². The van der Waals surface area contributed by atoms with Crippen molar-refractivity contribution in [2.45, 2.75) is 33.2 Å². The van der Waals surface area contributed by atoms with E-state index in [1.54, 1.807) is 0 Å². The molecular formula is C15H17ClN2O2. The summed E-state index contributed by atoms with van der Waals surface area (Å²) in [7, 11) is 0. The molecule has 2 rings (SSSR count). The third kappa shape index (κ3) is 3.39. The van der Waals surface area contributed by atoms with Crippen molar-refractivity contribution >= 4 is 17.6 Å². The summed E-state index contributed by atoms with van der Waals surface area (Å²) >= 11 is 5.98. The molecule has 1 heterocycles. The van der Waals surface area contributed by atoms with Gasteiger partial charge in [-0.3, -0.25) is 9.48 Å². The van der Waals surface area contributed by atoms with Crippen LogP contribution in [0.3, 0.4) is 0 Å². The minimum Gasteiger partial charge on any atom is -0.481 e. The monoisotopic (exact) mass is 292 g/mol. The van der Waals surface area contributed by atoms with Crippen molar-refractivity contribution in [3.05, 3.63) is 51.8 Å². The summed E-state index contributed by atoms with van der Waals surface area (Å²) in [5.74, 6) is -0.786. The molecular weight excluding hydrogens is 276 g/mol. The molecule has 0 aliphatic rings. The van der Waals surface area contributed by atoms with Gasteiger partial charge in [-0.05, 0) is 43.5 Å². The molecule has 20 heavy (non-hydrogen) atoms. The van der Waals surface area contributed by atoms with E-state index >= 15 is 0 Å². The van der Waals surface area contributed by atoms with E-state index < -0.39 is 5.97 Å². The number of hydrogen-bond acceptors (Lipinski definition) is 2. The van der Waals surface area contributed by atoms with Gasteiger partial charge in [0.15, 0.2) is 0 Å². The second-order valence-corrected chi connectivity index (χ2v) is 5.27. The van der Waals surface area contributed by atoms with Gasteiger partial charge in [0.1, 0.15) is 0 Å². The molecule has 0 aliphatic heterocycles. The Hall–Kier alpha value is -1.81. The van der Waals surface area contributed by atoms with Gasteiger partial charge in [0.05, 0.1) is 12.2 Å². The zero-order valence-electron chi connectivity index (χ0n) is 11.6. The molecule has 4 nitrogen and oxygen atoms in total. The van der Waals surface area contributed by atoms with Crippen LogP contribution in [0.15, 0.2) is 24.3 Å². The Bertz CT molecular complexity index is 635. The predicted octanol–water partition coefficient (Wildman–Crippen LogP) is 3.22. The van der Waals surface area contributed by atoms with E-state index in [2.05, 4.69) is 5.10 Å². The largest absolute Gasteiger partial charge is 0.481 e. The first-order valence-electron chi connectivity index (χ1n) is 6.46. The van der Waals surface area contributed by atoms with Gasteiger partial charge in [-0.2, -0.15) is 5.10 Å². The van der Waals surface area contributed by atoms with Gasteiger partial charge < -0.3 is 5.11 Å². The summed E-state index contributed by atoms with van der Waals surface area (Å²) in [5.41, 5.74) is 4.01. The zero-order chi connectivity index (χ0) is 14.7. The van der Waals surface area contributed by atoms with Crippen molar-refractivity contribution in [2.24, 2.45) is 0 Å². The first-order valence-corrected chi connectivity index (χ1v) is 6.84. The minimum absolute atomic E-state index is 0.130. The summed E-state index contributed by atoms with van der Waals surface area (Å²) in [6, 6.07) is 7.66. The smallest absolute Gasteiger partial charge is 0.303 e. The Kier molecular flexibility index (Phi) is 4.45. The number of rotatable bonds is 5. The molecule has 5 heteroatoms. The maximum atomic E-state index is 10.7. The molecule has 0 saturated carbocycles. The van der Waals surface area contributed by atoms with E-state index in [1.165, 1.54) is 0 Å². The molecule has 0 fully saturated rings. The van der Waals surface area contributed by atoms with Crippen molar-refractivity contribution in [1.29, 1.82) is 0 Å². The molecule has 0 radical (unpaired) electrons. The Morgan fingerprint density at radius 3 is 2.80 bits per heavy atom. The van der Waals surface area contributed by atoms with E-state index in [4.69, 9.17) is 16.7 Å². The second-order valence-electron chi connectivity index (χ2n) is 4.83. The fraction of sp³-hybridized carbons (Fsp3) is 0.333. The van der Waals surface area contributed by atoms with E-state index in [0.717, 1.165) is 22.5 Å². The standard InChI is InChI=1S/C15H17ClN2O2/c1-10-14(6-7-15(19)20)11(2)18(17-10)9-12-4-3-5-13(16)8-12/h3-5,8H,6-7,9H2,1-2H3,(H,19,20). The van der Waals surface area contributed by atoms with Crippen molar-refractivity contribution in [3.8, 4) is 0 Å².